The van der Waals surface area contributed by atoms with E-state index in [0.29, 0.717) is 0 Å². The molecule has 0 N–H and O–H groups in total. The quantitative estimate of drug-likeness (QED) is 0.764. The van der Waals surface area contributed by atoms with Gasteiger partial charge in [0, 0.05) is 6.54 Å². The van der Waals surface area contributed by atoms with Crippen LogP contribution in [0.4, 0.5) is 0 Å². The summed E-state index contributed by atoms with van der Waals surface area (Å²) in [7, 11) is 0. The summed E-state index contributed by atoms with van der Waals surface area (Å²) >= 11 is 0. The maximum atomic E-state index is 4.24. The Morgan fingerprint density at radius 1 is 0.900 bits per heavy atom. The maximum absolute atomic E-state index is 4.24. The van der Waals surface area contributed by atoms with Crippen molar-refractivity contribution in [1.82, 2.24) is 15.0 Å². The van der Waals surface area contributed by atoms with Crippen molar-refractivity contribution in [3.63, 3.8) is 0 Å². The summed E-state index contributed by atoms with van der Waals surface area (Å²) < 4.78 is 2.06. The van der Waals surface area contributed by atoms with Crippen LogP contribution < -0.4 is 0 Å². The predicted octanol–water partition coefficient (Wildman–Crippen LogP) is 5.18. The average molecular weight is 281 g/mol. The molecule has 0 bridgehead atoms. The standard InChI is InChI=1S/C10H17N3.C5H12.C2H6/c1-2-13-10-8-6-4-3-5-7-9(10)11-12-13;1-3-5-4-2;1-2/h2-8H2,1H3;3-5H2,1-2H3;1-2H3. The Balaban J connectivity index is 0.000000441. The Morgan fingerprint density at radius 2 is 1.50 bits per heavy atom. The smallest absolute Gasteiger partial charge is 0.0859 e. The molecule has 0 aliphatic heterocycles. The molecule has 0 aromatic carbocycles. The van der Waals surface area contributed by atoms with Crippen molar-refractivity contribution in [3.8, 4) is 0 Å². The van der Waals surface area contributed by atoms with Gasteiger partial charge in [-0.15, -0.1) is 5.10 Å². The minimum absolute atomic E-state index is 0.961. The van der Waals surface area contributed by atoms with Crippen LogP contribution in [0.2, 0.25) is 0 Å². The lowest BCUT2D eigenvalue weighted by Crippen LogP contribution is -2.06. The van der Waals surface area contributed by atoms with Crippen molar-refractivity contribution in [3.05, 3.63) is 11.4 Å². The molecule has 0 saturated carbocycles. The molecule has 0 spiro atoms. The molecule has 0 atom stereocenters. The van der Waals surface area contributed by atoms with Gasteiger partial charge in [0.05, 0.1) is 11.4 Å². The number of fused-ring (bicyclic) bond motifs is 1. The number of rotatable bonds is 3. The van der Waals surface area contributed by atoms with Crippen molar-refractivity contribution >= 4 is 0 Å². The number of aromatic nitrogens is 3. The third kappa shape index (κ3) is 7.06. The van der Waals surface area contributed by atoms with Gasteiger partial charge in [-0.05, 0) is 32.6 Å². The first-order valence-corrected chi connectivity index (χ1v) is 8.74. The van der Waals surface area contributed by atoms with E-state index < -0.39 is 0 Å². The van der Waals surface area contributed by atoms with E-state index in [9.17, 15) is 0 Å². The zero-order valence-electron chi connectivity index (χ0n) is 14.4. The molecular formula is C17H35N3. The third-order valence-electron chi connectivity index (χ3n) is 3.50. The van der Waals surface area contributed by atoms with E-state index in [-0.39, 0.29) is 0 Å². The molecule has 2 rings (SSSR count). The monoisotopic (exact) mass is 281 g/mol. The van der Waals surface area contributed by atoms with Crippen LogP contribution in [0.15, 0.2) is 0 Å². The molecule has 1 aromatic heterocycles. The number of hydrogen-bond acceptors (Lipinski definition) is 2. The van der Waals surface area contributed by atoms with Gasteiger partial charge in [-0.2, -0.15) is 0 Å². The summed E-state index contributed by atoms with van der Waals surface area (Å²) in [6.07, 6.45) is 11.7. The van der Waals surface area contributed by atoms with Gasteiger partial charge in [0.25, 0.3) is 0 Å². The van der Waals surface area contributed by atoms with Gasteiger partial charge in [0.15, 0.2) is 0 Å². The maximum Gasteiger partial charge on any atom is 0.0859 e. The second kappa shape index (κ2) is 13.1. The van der Waals surface area contributed by atoms with Crippen LogP contribution in [0.3, 0.4) is 0 Å². The zero-order chi connectivity index (χ0) is 15.2. The molecule has 3 nitrogen and oxygen atoms in total. The highest BCUT2D eigenvalue weighted by Crippen LogP contribution is 2.17. The van der Waals surface area contributed by atoms with Crippen molar-refractivity contribution in [1.29, 1.82) is 0 Å². The molecule has 1 heterocycles. The Labute approximate surface area is 126 Å². The van der Waals surface area contributed by atoms with E-state index in [1.54, 1.807) is 0 Å². The molecule has 0 saturated heterocycles. The van der Waals surface area contributed by atoms with Crippen molar-refractivity contribution < 1.29 is 0 Å². The largest absolute Gasteiger partial charge is 0.249 e. The molecule has 1 aromatic rings. The van der Waals surface area contributed by atoms with Crippen molar-refractivity contribution in [2.45, 2.75) is 99.0 Å². The second-order valence-corrected chi connectivity index (χ2v) is 5.07. The topological polar surface area (TPSA) is 30.7 Å². The second-order valence-electron chi connectivity index (χ2n) is 5.07. The summed E-state index contributed by atoms with van der Waals surface area (Å²) in [4.78, 5) is 0. The molecule has 3 heteroatoms. The molecule has 1 aliphatic carbocycles. The Morgan fingerprint density at radius 3 is 2.00 bits per heavy atom. The molecular weight excluding hydrogens is 246 g/mol. The summed E-state index contributed by atoms with van der Waals surface area (Å²) in [5.74, 6) is 0. The van der Waals surface area contributed by atoms with Gasteiger partial charge in [-0.1, -0.05) is 65.0 Å². The Hall–Kier alpha value is -0.860. The van der Waals surface area contributed by atoms with Crippen LogP contribution in [0, 0.1) is 0 Å². The van der Waals surface area contributed by atoms with Gasteiger partial charge in [0.2, 0.25) is 0 Å². The molecule has 20 heavy (non-hydrogen) atoms. The van der Waals surface area contributed by atoms with E-state index in [2.05, 4.69) is 35.8 Å². The molecule has 0 amide bonds. The fourth-order valence-electron chi connectivity index (χ4n) is 2.38. The van der Waals surface area contributed by atoms with Crippen LogP contribution in [-0.2, 0) is 19.4 Å². The SMILES string of the molecule is CC.CCCCC.CCn1nnc2c1CCCCCC2. The third-order valence-corrected chi connectivity index (χ3v) is 3.50. The molecule has 0 radical (unpaired) electrons. The normalized spacial score (nSPS) is 13.8. The zero-order valence-corrected chi connectivity index (χ0v) is 14.4. The molecule has 1 aliphatic rings. The summed E-state index contributed by atoms with van der Waals surface area (Å²) in [5, 5.41) is 8.41. The van der Waals surface area contributed by atoms with E-state index in [1.165, 1.54) is 62.8 Å². The van der Waals surface area contributed by atoms with Gasteiger partial charge >= 0.3 is 0 Å². The van der Waals surface area contributed by atoms with Crippen molar-refractivity contribution in [2.24, 2.45) is 0 Å². The molecule has 118 valence electrons. The fourth-order valence-corrected chi connectivity index (χ4v) is 2.38. The number of hydrogen-bond donors (Lipinski definition) is 0. The minimum Gasteiger partial charge on any atom is -0.249 e. The van der Waals surface area contributed by atoms with Gasteiger partial charge in [-0.25, -0.2) is 4.68 Å². The highest BCUT2D eigenvalue weighted by molar-refractivity contribution is 5.11. The lowest BCUT2D eigenvalue weighted by molar-refractivity contribution is 0.564. The van der Waals surface area contributed by atoms with Crippen LogP contribution in [0.5, 0.6) is 0 Å². The minimum atomic E-state index is 0.961. The average Bonchev–Trinajstić information content (AvgIpc) is 2.83. The van der Waals surface area contributed by atoms with E-state index in [0.717, 1.165) is 13.0 Å². The first kappa shape index (κ1) is 19.1. The van der Waals surface area contributed by atoms with Gasteiger partial charge in [0.1, 0.15) is 0 Å². The van der Waals surface area contributed by atoms with Crippen LogP contribution in [0.25, 0.3) is 0 Å². The van der Waals surface area contributed by atoms with E-state index in [1.807, 2.05) is 13.8 Å². The number of unbranched alkanes of at least 4 members (excludes halogenated alkanes) is 2. The summed E-state index contributed by atoms with van der Waals surface area (Å²) in [6.45, 7) is 11.5. The predicted molar refractivity (Wildman–Crippen MR) is 88.1 cm³/mol. The van der Waals surface area contributed by atoms with Crippen LogP contribution in [-0.4, -0.2) is 15.0 Å². The highest BCUT2D eigenvalue weighted by atomic mass is 15.4. The van der Waals surface area contributed by atoms with Gasteiger partial charge in [-0.3, -0.25) is 0 Å². The Kier molecular flexibility index (Phi) is 12.6. The molecule has 0 fully saturated rings. The van der Waals surface area contributed by atoms with Crippen LogP contribution in [0.1, 0.15) is 91.0 Å². The van der Waals surface area contributed by atoms with E-state index >= 15 is 0 Å². The summed E-state index contributed by atoms with van der Waals surface area (Å²) in [6, 6.07) is 0. The lowest BCUT2D eigenvalue weighted by atomic mass is 10.0. The Bertz CT molecular complexity index is 316. The van der Waals surface area contributed by atoms with Gasteiger partial charge < -0.3 is 0 Å². The fraction of sp³-hybridized carbons (Fsp3) is 0.882. The number of aryl methyl sites for hydroxylation is 2. The summed E-state index contributed by atoms with van der Waals surface area (Å²) in [5.41, 5.74) is 2.64. The van der Waals surface area contributed by atoms with Crippen molar-refractivity contribution in [2.75, 3.05) is 0 Å². The van der Waals surface area contributed by atoms with Crippen LogP contribution >= 0.6 is 0 Å². The number of nitrogens with zero attached hydrogens (tertiary/aromatic N) is 3. The first-order chi connectivity index (χ1) is 9.83. The van der Waals surface area contributed by atoms with E-state index in [4.69, 9.17) is 0 Å². The highest BCUT2D eigenvalue weighted by Gasteiger charge is 2.13. The molecule has 0 unspecified atom stereocenters. The first-order valence-electron chi connectivity index (χ1n) is 8.74. The lowest BCUT2D eigenvalue weighted by Gasteiger charge is -2.09.